The van der Waals surface area contributed by atoms with Gasteiger partial charge in [0.2, 0.25) is 0 Å². The van der Waals surface area contributed by atoms with Gasteiger partial charge < -0.3 is 20.3 Å². The van der Waals surface area contributed by atoms with Crippen molar-refractivity contribution < 1.29 is 14.9 Å². The lowest BCUT2D eigenvalue weighted by atomic mass is 9.83. The molecule has 0 amide bonds. The smallest absolute Gasteiger partial charge is 0.0815 e. The van der Waals surface area contributed by atoms with Gasteiger partial charge >= 0.3 is 0 Å². The molecule has 0 unspecified atom stereocenters. The van der Waals surface area contributed by atoms with E-state index in [1.165, 1.54) is 0 Å². The van der Waals surface area contributed by atoms with Gasteiger partial charge in [-0.15, -0.1) is 0 Å². The van der Waals surface area contributed by atoms with Gasteiger partial charge in [-0.05, 0) is 12.8 Å². The van der Waals surface area contributed by atoms with E-state index in [1.807, 2.05) is 0 Å². The average molecular weight is 245 g/mol. The Bertz CT molecular complexity index is 202. The summed E-state index contributed by atoms with van der Waals surface area (Å²) in [4.78, 5) is 0. The molecule has 1 aliphatic rings. The van der Waals surface area contributed by atoms with Crippen LogP contribution < -0.4 is 5.32 Å². The first-order valence-electron chi connectivity index (χ1n) is 6.71. The van der Waals surface area contributed by atoms with Crippen molar-refractivity contribution in [3.8, 4) is 0 Å². The van der Waals surface area contributed by atoms with Gasteiger partial charge in [-0.2, -0.15) is 0 Å². The van der Waals surface area contributed by atoms with Gasteiger partial charge in [0.15, 0.2) is 0 Å². The van der Waals surface area contributed by atoms with Gasteiger partial charge in [-0.1, -0.05) is 13.8 Å². The van der Waals surface area contributed by atoms with Gasteiger partial charge in [0.1, 0.15) is 0 Å². The third-order valence-corrected chi connectivity index (χ3v) is 4.21. The zero-order valence-corrected chi connectivity index (χ0v) is 11.2. The van der Waals surface area contributed by atoms with Crippen LogP contribution in [0.2, 0.25) is 0 Å². The Morgan fingerprint density at radius 3 is 2.29 bits per heavy atom. The molecule has 0 bridgehead atoms. The van der Waals surface area contributed by atoms with Gasteiger partial charge in [-0.3, -0.25) is 0 Å². The molecule has 4 heteroatoms. The van der Waals surface area contributed by atoms with Crippen LogP contribution in [0.3, 0.4) is 0 Å². The predicted octanol–water partition coefficient (Wildman–Crippen LogP) is 0.916. The SMILES string of the molecule is CCC(CC)(CO)CNCC1(O)CCOCC1. The van der Waals surface area contributed by atoms with E-state index in [0.29, 0.717) is 32.6 Å². The molecule has 1 saturated heterocycles. The fourth-order valence-corrected chi connectivity index (χ4v) is 2.27. The summed E-state index contributed by atoms with van der Waals surface area (Å²) in [6.45, 7) is 7.05. The van der Waals surface area contributed by atoms with E-state index < -0.39 is 5.60 Å². The predicted molar refractivity (Wildman–Crippen MR) is 68.0 cm³/mol. The molecule has 0 spiro atoms. The quantitative estimate of drug-likeness (QED) is 0.624. The van der Waals surface area contributed by atoms with Crippen LogP contribution in [0.4, 0.5) is 0 Å². The first-order valence-corrected chi connectivity index (χ1v) is 6.71. The summed E-state index contributed by atoms with van der Waals surface area (Å²) in [5, 5.41) is 23.1. The maximum atomic E-state index is 10.3. The summed E-state index contributed by atoms with van der Waals surface area (Å²) in [5.41, 5.74) is -0.664. The number of aliphatic hydroxyl groups is 2. The summed E-state index contributed by atoms with van der Waals surface area (Å²) >= 11 is 0. The van der Waals surface area contributed by atoms with Crippen molar-refractivity contribution in [3.63, 3.8) is 0 Å². The zero-order chi connectivity index (χ0) is 12.8. The molecule has 0 radical (unpaired) electrons. The van der Waals surface area contributed by atoms with E-state index in [9.17, 15) is 10.2 Å². The second-order valence-corrected chi connectivity index (χ2v) is 5.31. The summed E-state index contributed by atoms with van der Waals surface area (Å²) < 4.78 is 5.25. The molecule has 0 aromatic heterocycles. The Kier molecular flexibility index (Phi) is 5.86. The van der Waals surface area contributed by atoms with Crippen LogP contribution in [0.15, 0.2) is 0 Å². The minimum Gasteiger partial charge on any atom is -0.396 e. The second-order valence-electron chi connectivity index (χ2n) is 5.31. The molecule has 0 aliphatic carbocycles. The lowest BCUT2D eigenvalue weighted by molar-refractivity contribution is -0.0631. The molecular formula is C13H27NO3. The lowest BCUT2D eigenvalue weighted by Crippen LogP contribution is -2.48. The van der Waals surface area contributed by atoms with Crippen LogP contribution >= 0.6 is 0 Å². The molecule has 4 nitrogen and oxygen atoms in total. The molecular weight excluding hydrogens is 218 g/mol. The largest absolute Gasteiger partial charge is 0.396 e. The van der Waals surface area contributed by atoms with E-state index >= 15 is 0 Å². The van der Waals surface area contributed by atoms with Crippen LogP contribution in [-0.4, -0.2) is 48.7 Å². The van der Waals surface area contributed by atoms with Gasteiger partial charge in [0.25, 0.3) is 0 Å². The van der Waals surface area contributed by atoms with Crippen molar-refractivity contribution in [2.45, 2.75) is 45.1 Å². The fraction of sp³-hybridized carbons (Fsp3) is 1.00. The van der Waals surface area contributed by atoms with E-state index in [0.717, 1.165) is 19.4 Å². The summed E-state index contributed by atoms with van der Waals surface area (Å²) in [6.07, 6.45) is 3.30. The first-order chi connectivity index (χ1) is 8.10. The molecule has 102 valence electrons. The molecule has 3 N–H and O–H groups in total. The van der Waals surface area contributed by atoms with Crippen LogP contribution in [0, 0.1) is 5.41 Å². The van der Waals surface area contributed by atoms with Crippen LogP contribution in [-0.2, 0) is 4.74 Å². The van der Waals surface area contributed by atoms with Crippen LogP contribution in [0.5, 0.6) is 0 Å². The molecule has 1 fully saturated rings. The maximum absolute atomic E-state index is 10.3. The number of ether oxygens (including phenoxy) is 1. The highest BCUT2D eigenvalue weighted by Crippen LogP contribution is 2.25. The molecule has 1 rings (SSSR count). The Balaban J connectivity index is 2.34. The fourth-order valence-electron chi connectivity index (χ4n) is 2.27. The number of hydrogen-bond donors (Lipinski definition) is 3. The van der Waals surface area contributed by atoms with E-state index in [-0.39, 0.29) is 12.0 Å². The monoisotopic (exact) mass is 245 g/mol. The highest BCUT2D eigenvalue weighted by atomic mass is 16.5. The maximum Gasteiger partial charge on any atom is 0.0815 e. The zero-order valence-electron chi connectivity index (χ0n) is 11.2. The Morgan fingerprint density at radius 2 is 1.82 bits per heavy atom. The number of rotatable bonds is 7. The first kappa shape index (κ1) is 14.9. The number of hydrogen-bond acceptors (Lipinski definition) is 4. The van der Waals surface area contributed by atoms with E-state index in [2.05, 4.69) is 19.2 Å². The van der Waals surface area contributed by atoms with Crippen LogP contribution in [0.1, 0.15) is 39.5 Å². The Hall–Kier alpha value is -0.160. The molecule has 0 saturated carbocycles. The molecule has 0 atom stereocenters. The Morgan fingerprint density at radius 1 is 1.24 bits per heavy atom. The second kappa shape index (κ2) is 6.69. The van der Waals surface area contributed by atoms with E-state index in [4.69, 9.17) is 4.74 Å². The summed E-state index contributed by atoms with van der Waals surface area (Å²) in [7, 11) is 0. The minimum atomic E-state index is -0.624. The van der Waals surface area contributed by atoms with Crippen molar-refractivity contribution in [3.05, 3.63) is 0 Å². The third-order valence-electron chi connectivity index (χ3n) is 4.21. The summed E-state index contributed by atoms with van der Waals surface area (Å²) in [6, 6.07) is 0. The van der Waals surface area contributed by atoms with Gasteiger partial charge in [0.05, 0.1) is 5.60 Å². The van der Waals surface area contributed by atoms with Crippen molar-refractivity contribution in [2.75, 3.05) is 32.9 Å². The average Bonchev–Trinajstić information content (AvgIpc) is 2.36. The molecule has 17 heavy (non-hydrogen) atoms. The van der Waals surface area contributed by atoms with Gasteiger partial charge in [-0.25, -0.2) is 0 Å². The molecule has 0 aromatic rings. The Labute approximate surface area is 104 Å². The highest BCUT2D eigenvalue weighted by molar-refractivity contribution is 4.86. The topological polar surface area (TPSA) is 61.7 Å². The number of nitrogens with one attached hydrogen (secondary N) is 1. The lowest BCUT2D eigenvalue weighted by Gasteiger charge is -2.35. The normalized spacial score (nSPS) is 20.5. The molecule has 0 aromatic carbocycles. The van der Waals surface area contributed by atoms with Crippen molar-refractivity contribution in [2.24, 2.45) is 5.41 Å². The molecule has 1 aliphatic heterocycles. The van der Waals surface area contributed by atoms with Crippen molar-refractivity contribution >= 4 is 0 Å². The van der Waals surface area contributed by atoms with Crippen molar-refractivity contribution in [1.82, 2.24) is 5.32 Å². The molecule has 1 heterocycles. The third kappa shape index (κ3) is 4.21. The minimum absolute atomic E-state index is 0.0402. The highest BCUT2D eigenvalue weighted by Gasteiger charge is 2.31. The van der Waals surface area contributed by atoms with E-state index in [1.54, 1.807) is 0 Å². The van der Waals surface area contributed by atoms with Crippen molar-refractivity contribution in [1.29, 1.82) is 0 Å². The van der Waals surface area contributed by atoms with Gasteiger partial charge in [0, 0.05) is 51.2 Å². The standard InChI is InChI=1S/C13H27NO3/c1-3-12(4-2,11-15)9-14-10-13(16)5-7-17-8-6-13/h14-16H,3-11H2,1-2H3. The van der Waals surface area contributed by atoms with Crippen LogP contribution in [0.25, 0.3) is 0 Å². The number of aliphatic hydroxyl groups excluding tert-OH is 1. The summed E-state index contributed by atoms with van der Waals surface area (Å²) in [5.74, 6) is 0.